The van der Waals surface area contributed by atoms with Gasteiger partial charge in [0.2, 0.25) is 5.78 Å². The van der Waals surface area contributed by atoms with Crippen molar-refractivity contribution >= 4 is 11.8 Å². The minimum absolute atomic E-state index is 0.0429. The Labute approximate surface area is 137 Å². The fraction of sp³-hybridized carbons (Fsp3) is 0.444. The van der Waals surface area contributed by atoms with Crippen LogP contribution in [0, 0.1) is 0 Å². The lowest BCUT2D eigenvalue weighted by atomic mass is 9.95. The molecule has 23 heavy (non-hydrogen) atoms. The summed E-state index contributed by atoms with van der Waals surface area (Å²) < 4.78 is 15.7. The summed E-state index contributed by atoms with van der Waals surface area (Å²) in [6.07, 6.45) is 9.69. The molecule has 0 radical (unpaired) electrons. The van der Waals surface area contributed by atoms with Gasteiger partial charge in [0.1, 0.15) is 11.3 Å². The van der Waals surface area contributed by atoms with Crippen molar-refractivity contribution in [3.8, 4) is 0 Å². The molecule has 1 aliphatic rings. The number of carbonyl (C=O) groups is 2. The molecule has 0 N–H and O–H groups in total. The second kappa shape index (κ2) is 8.48. The molecule has 0 saturated heterocycles. The zero-order chi connectivity index (χ0) is 17.5. The summed E-state index contributed by atoms with van der Waals surface area (Å²) in [6.45, 7) is 7.08. The summed E-state index contributed by atoms with van der Waals surface area (Å²) in [5.41, 5.74) is -1.26. The van der Waals surface area contributed by atoms with Gasteiger partial charge in [-0.05, 0) is 26.3 Å². The van der Waals surface area contributed by atoms with Gasteiger partial charge in [0.05, 0.1) is 13.2 Å². The van der Waals surface area contributed by atoms with Crippen molar-refractivity contribution in [3.63, 3.8) is 0 Å². The number of ketones is 1. The van der Waals surface area contributed by atoms with Crippen LogP contribution in [0.5, 0.6) is 0 Å². The van der Waals surface area contributed by atoms with Gasteiger partial charge in [0, 0.05) is 13.5 Å². The average Bonchev–Trinajstić information content (AvgIpc) is 2.77. The molecule has 0 aliphatic carbocycles. The van der Waals surface area contributed by atoms with Gasteiger partial charge in [-0.2, -0.15) is 0 Å². The highest BCUT2D eigenvalue weighted by Gasteiger charge is 2.47. The molecule has 5 nitrogen and oxygen atoms in total. The van der Waals surface area contributed by atoms with E-state index >= 15 is 0 Å². The lowest BCUT2D eigenvalue weighted by Gasteiger charge is -2.20. The first-order chi connectivity index (χ1) is 10.9. The summed E-state index contributed by atoms with van der Waals surface area (Å²) in [5.74, 6) is -0.790. The molecule has 1 heterocycles. The van der Waals surface area contributed by atoms with E-state index in [4.69, 9.17) is 14.2 Å². The number of esters is 1. The van der Waals surface area contributed by atoms with E-state index in [1.165, 1.54) is 7.11 Å². The van der Waals surface area contributed by atoms with Gasteiger partial charge in [-0.3, -0.25) is 4.79 Å². The smallest absolute Gasteiger partial charge is 0.345 e. The molecule has 0 bridgehead atoms. The van der Waals surface area contributed by atoms with Crippen molar-refractivity contribution in [3.05, 3.63) is 48.3 Å². The number of Topliss-reactive ketones (excluding diaryl/α,β-unsaturated/α-hetero) is 1. The Morgan fingerprint density at radius 3 is 2.65 bits per heavy atom. The van der Waals surface area contributed by atoms with Crippen LogP contribution in [0.15, 0.2) is 48.3 Å². The van der Waals surface area contributed by atoms with Crippen molar-refractivity contribution in [1.82, 2.24) is 0 Å². The van der Waals surface area contributed by atoms with Gasteiger partial charge in [-0.15, -0.1) is 6.58 Å². The van der Waals surface area contributed by atoms with Gasteiger partial charge in [0.25, 0.3) is 0 Å². The molecular formula is C18H24O5. The van der Waals surface area contributed by atoms with E-state index in [0.29, 0.717) is 12.2 Å². The zero-order valence-corrected chi connectivity index (χ0v) is 14.1. The Morgan fingerprint density at radius 2 is 2.09 bits per heavy atom. The van der Waals surface area contributed by atoms with E-state index in [9.17, 15) is 9.59 Å². The molecular weight excluding hydrogens is 296 g/mol. The van der Waals surface area contributed by atoms with Crippen molar-refractivity contribution < 1.29 is 23.8 Å². The van der Waals surface area contributed by atoms with E-state index in [0.717, 1.165) is 6.42 Å². The van der Waals surface area contributed by atoms with Crippen molar-refractivity contribution in [2.75, 3.05) is 14.2 Å². The molecule has 0 aromatic heterocycles. The van der Waals surface area contributed by atoms with Crippen LogP contribution in [-0.4, -0.2) is 37.7 Å². The highest BCUT2D eigenvalue weighted by atomic mass is 16.5. The standard InChI is InChI=1S/C18H24O5/c1-6-7-8-9-10-11-18(3)16(19)15(17(20)22-5)14(23-18)12-13(2)21-4/h6,8-11,13H,1,7,12H2,2-5H3/b9-8+,11-10+. The first-order valence-electron chi connectivity index (χ1n) is 7.43. The third kappa shape index (κ3) is 4.66. The molecule has 0 aromatic carbocycles. The maximum absolute atomic E-state index is 12.6. The second-order valence-corrected chi connectivity index (χ2v) is 5.39. The molecule has 2 unspecified atom stereocenters. The molecule has 1 rings (SSSR count). The van der Waals surface area contributed by atoms with Crippen molar-refractivity contribution in [2.24, 2.45) is 0 Å². The van der Waals surface area contributed by atoms with Crippen LogP contribution in [-0.2, 0) is 23.8 Å². The van der Waals surface area contributed by atoms with Crippen LogP contribution < -0.4 is 0 Å². The van der Waals surface area contributed by atoms with Crippen molar-refractivity contribution in [1.29, 1.82) is 0 Å². The van der Waals surface area contributed by atoms with Crippen LogP contribution >= 0.6 is 0 Å². The zero-order valence-electron chi connectivity index (χ0n) is 14.1. The molecule has 0 spiro atoms. The van der Waals surface area contributed by atoms with E-state index in [1.807, 2.05) is 13.0 Å². The third-order valence-electron chi connectivity index (χ3n) is 3.52. The first-order valence-corrected chi connectivity index (χ1v) is 7.43. The number of carbonyl (C=O) groups excluding carboxylic acids is 2. The summed E-state index contributed by atoms with van der Waals surface area (Å²) in [7, 11) is 2.80. The average molecular weight is 320 g/mol. The molecule has 126 valence electrons. The number of hydrogen-bond acceptors (Lipinski definition) is 5. The number of methoxy groups -OCH3 is 2. The topological polar surface area (TPSA) is 61.8 Å². The predicted octanol–water partition coefficient (Wildman–Crippen LogP) is 2.89. The fourth-order valence-electron chi connectivity index (χ4n) is 2.13. The molecule has 1 aliphatic heterocycles. The van der Waals surface area contributed by atoms with Crippen LogP contribution in [0.3, 0.4) is 0 Å². The van der Waals surface area contributed by atoms with Gasteiger partial charge in [-0.1, -0.05) is 24.3 Å². The summed E-state index contributed by atoms with van der Waals surface area (Å²) in [6, 6.07) is 0. The van der Waals surface area contributed by atoms with E-state index in [1.54, 1.807) is 38.3 Å². The van der Waals surface area contributed by atoms with E-state index < -0.39 is 17.4 Å². The molecule has 0 saturated carbocycles. The Hall–Kier alpha value is -2.14. The number of rotatable bonds is 8. The second-order valence-electron chi connectivity index (χ2n) is 5.39. The first kappa shape index (κ1) is 18.9. The molecule has 0 aromatic rings. The summed E-state index contributed by atoms with van der Waals surface area (Å²) in [5, 5.41) is 0. The molecule has 2 atom stereocenters. The maximum atomic E-state index is 12.6. The monoisotopic (exact) mass is 320 g/mol. The fourth-order valence-corrected chi connectivity index (χ4v) is 2.13. The van der Waals surface area contributed by atoms with Gasteiger partial charge in [-0.25, -0.2) is 4.79 Å². The summed E-state index contributed by atoms with van der Waals surface area (Å²) in [4.78, 5) is 24.5. The molecule has 5 heteroatoms. The van der Waals surface area contributed by atoms with Gasteiger partial charge in [0.15, 0.2) is 5.60 Å². The maximum Gasteiger partial charge on any atom is 0.345 e. The van der Waals surface area contributed by atoms with Crippen LogP contribution in [0.4, 0.5) is 0 Å². The highest BCUT2D eigenvalue weighted by molar-refractivity contribution is 6.22. The Balaban J connectivity index is 3.03. The highest BCUT2D eigenvalue weighted by Crippen LogP contribution is 2.35. The minimum atomic E-state index is -1.22. The predicted molar refractivity (Wildman–Crippen MR) is 87.7 cm³/mol. The summed E-state index contributed by atoms with van der Waals surface area (Å²) >= 11 is 0. The van der Waals surface area contributed by atoms with Crippen molar-refractivity contribution in [2.45, 2.75) is 38.4 Å². The molecule has 0 fully saturated rings. The van der Waals surface area contributed by atoms with Crippen LogP contribution in [0.2, 0.25) is 0 Å². The number of ether oxygens (including phenoxy) is 3. The Morgan fingerprint density at radius 1 is 1.39 bits per heavy atom. The number of allylic oxidation sites excluding steroid dienone is 4. The van der Waals surface area contributed by atoms with Gasteiger partial charge < -0.3 is 14.2 Å². The SMILES string of the molecule is C=CC/C=C/C=C/C1(C)OC(CC(C)OC)=C(C(=O)OC)C1=O. The quantitative estimate of drug-likeness (QED) is 0.298. The molecule has 0 amide bonds. The lowest BCUT2D eigenvalue weighted by Crippen LogP contribution is -2.33. The lowest BCUT2D eigenvalue weighted by molar-refractivity contribution is -0.138. The third-order valence-corrected chi connectivity index (χ3v) is 3.52. The Bertz CT molecular complexity index is 556. The Kier molecular flexibility index (Phi) is 6.97. The number of hydrogen-bond donors (Lipinski definition) is 0. The van der Waals surface area contributed by atoms with Crippen LogP contribution in [0.25, 0.3) is 0 Å². The van der Waals surface area contributed by atoms with Gasteiger partial charge >= 0.3 is 5.97 Å². The normalized spacial score (nSPS) is 22.7. The van der Waals surface area contributed by atoms with E-state index in [2.05, 4.69) is 6.58 Å². The minimum Gasteiger partial charge on any atom is -0.478 e. The largest absolute Gasteiger partial charge is 0.478 e. The van der Waals surface area contributed by atoms with E-state index in [-0.39, 0.29) is 11.7 Å². The van der Waals surface area contributed by atoms with Crippen LogP contribution in [0.1, 0.15) is 26.7 Å².